The highest BCUT2D eigenvalue weighted by molar-refractivity contribution is 7.09. The first-order valence-electron chi connectivity index (χ1n) is 12.9. The molecule has 0 saturated carbocycles. The van der Waals surface area contributed by atoms with Crippen LogP contribution < -0.4 is 16.0 Å². The second-order valence-corrected chi connectivity index (χ2v) is 8.99. The number of rotatable bonds is 7. The van der Waals surface area contributed by atoms with Gasteiger partial charge in [0.1, 0.15) is 5.01 Å². The molecule has 1 aliphatic heterocycles. The van der Waals surface area contributed by atoms with Gasteiger partial charge in [0.2, 0.25) is 0 Å². The molecule has 7 heteroatoms. The molecule has 2 aliphatic rings. The Morgan fingerprint density at radius 1 is 1.14 bits per heavy atom. The highest BCUT2D eigenvalue weighted by Crippen LogP contribution is 2.33. The van der Waals surface area contributed by atoms with Gasteiger partial charge in [0.15, 0.2) is 0 Å². The SMILES string of the molecule is CC.CC.CN1CCN(c2cc(N)c(C(=N)/C=C/C3=CC=CCC=C3)cc2NCc2nccs2)CC1. The molecule has 0 bridgehead atoms. The highest BCUT2D eigenvalue weighted by Gasteiger charge is 2.19. The summed E-state index contributed by atoms with van der Waals surface area (Å²) in [5.41, 5.74) is 11.4. The van der Waals surface area contributed by atoms with Crippen molar-refractivity contribution in [2.24, 2.45) is 0 Å². The molecule has 194 valence electrons. The lowest BCUT2D eigenvalue weighted by Crippen LogP contribution is -2.44. The van der Waals surface area contributed by atoms with E-state index >= 15 is 0 Å². The molecule has 0 amide bonds. The summed E-state index contributed by atoms with van der Waals surface area (Å²) in [5.74, 6) is 0. The van der Waals surface area contributed by atoms with Gasteiger partial charge in [0.25, 0.3) is 0 Å². The lowest BCUT2D eigenvalue weighted by atomic mass is 10.0. The predicted molar refractivity (Wildman–Crippen MR) is 160 cm³/mol. The van der Waals surface area contributed by atoms with Gasteiger partial charge in [-0.05, 0) is 37.3 Å². The number of allylic oxidation sites excluding steroid dienone is 8. The van der Waals surface area contributed by atoms with Crippen molar-refractivity contribution in [2.45, 2.75) is 40.7 Å². The molecule has 1 fully saturated rings. The standard InChI is InChI=1S/C25H30N6S.2C2H6/c1-30-11-13-31(14-12-30)24-17-22(27)20(16-23(24)29-18-25-28-10-15-32-25)21(26)9-8-19-6-4-2-3-5-7-19;2*1-2/h2,4-10,15-17,26,29H,3,11-14,18,27H2,1H3;2*1-2H3/b9-8+,26-21?;;. The summed E-state index contributed by atoms with van der Waals surface area (Å²) in [6, 6.07) is 4.03. The Morgan fingerprint density at radius 2 is 1.89 bits per heavy atom. The van der Waals surface area contributed by atoms with E-state index in [1.807, 2.05) is 75.7 Å². The van der Waals surface area contributed by atoms with E-state index in [0.29, 0.717) is 17.9 Å². The zero-order valence-electron chi connectivity index (χ0n) is 22.4. The molecule has 4 N–H and O–H groups in total. The van der Waals surface area contributed by atoms with Gasteiger partial charge in [-0.1, -0.05) is 64.2 Å². The number of aromatic nitrogens is 1. The van der Waals surface area contributed by atoms with Gasteiger partial charge in [0, 0.05) is 49.0 Å². The van der Waals surface area contributed by atoms with Gasteiger partial charge in [-0.15, -0.1) is 11.3 Å². The van der Waals surface area contributed by atoms with Crippen LogP contribution in [0.2, 0.25) is 0 Å². The minimum atomic E-state index is 0.396. The number of anilines is 3. The number of hydrogen-bond donors (Lipinski definition) is 3. The normalized spacial score (nSPS) is 15.4. The van der Waals surface area contributed by atoms with Crippen molar-refractivity contribution >= 4 is 34.1 Å². The number of likely N-dealkylation sites (N-methyl/N-ethyl adjacent to an activating group) is 1. The van der Waals surface area contributed by atoms with Crippen LogP contribution in [0, 0.1) is 5.41 Å². The van der Waals surface area contributed by atoms with Crippen LogP contribution in [0.1, 0.15) is 44.7 Å². The van der Waals surface area contributed by atoms with E-state index in [-0.39, 0.29) is 0 Å². The first-order valence-corrected chi connectivity index (χ1v) is 13.8. The van der Waals surface area contributed by atoms with E-state index in [4.69, 9.17) is 11.1 Å². The molecule has 1 aliphatic carbocycles. The average molecular weight is 507 g/mol. The molecule has 2 heterocycles. The van der Waals surface area contributed by atoms with E-state index in [9.17, 15) is 0 Å². The van der Waals surface area contributed by atoms with Crippen molar-refractivity contribution in [3.8, 4) is 0 Å². The fraction of sp³-hybridized carbons (Fsp3) is 0.379. The second kappa shape index (κ2) is 15.8. The summed E-state index contributed by atoms with van der Waals surface area (Å²) in [6.07, 6.45) is 16.9. The molecule has 6 nitrogen and oxygen atoms in total. The largest absolute Gasteiger partial charge is 0.398 e. The predicted octanol–water partition coefficient (Wildman–Crippen LogP) is 6.51. The molecule has 2 aromatic rings. The summed E-state index contributed by atoms with van der Waals surface area (Å²) in [5, 5.41) is 15.2. The van der Waals surface area contributed by atoms with Gasteiger partial charge < -0.3 is 26.3 Å². The van der Waals surface area contributed by atoms with Crippen LogP contribution in [-0.2, 0) is 6.54 Å². The maximum absolute atomic E-state index is 8.66. The van der Waals surface area contributed by atoms with Crippen LogP contribution in [0.15, 0.2) is 71.8 Å². The molecular formula is C29H42N6S. The summed E-state index contributed by atoms with van der Waals surface area (Å²) >= 11 is 1.63. The number of benzene rings is 1. The smallest absolute Gasteiger partial charge is 0.112 e. The Hall–Kier alpha value is -3.16. The Morgan fingerprint density at radius 3 is 2.58 bits per heavy atom. The number of hydrogen-bond acceptors (Lipinski definition) is 7. The fourth-order valence-corrected chi connectivity index (χ4v) is 4.33. The summed E-state index contributed by atoms with van der Waals surface area (Å²) in [6.45, 7) is 12.6. The minimum absolute atomic E-state index is 0.396. The molecule has 0 unspecified atom stereocenters. The van der Waals surface area contributed by atoms with E-state index in [0.717, 1.165) is 60.1 Å². The molecule has 1 saturated heterocycles. The van der Waals surface area contributed by atoms with Gasteiger partial charge in [0.05, 0.1) is 23.6 Å². The third kappa shape index (κ3) is 8.50. The van der Waals surface area contributed by atoms with E-state index < -0.39 is 0 Å². The first-order chi connectivity index (χ1) is 17.6. The molecule has 0 spiro atoms. The van der Waals surface area contributed by atoms with Crippen molar-refractivity contribution in [2.75, 3.05) is 49.2 Å². The van der Waals surface area contributed by atoms with Crippen molar-refractivity contribution in [1.82, 2.24) is 9.88 Å². The first kappa shape index (κ1) is 29.1. The van der Waals surface area contributed by atoms with Crippen molar-refractivity contribution in [3.63, 3.8) is 0 Å². The van der Waals surface area contributed by atoms with E-state index in [2.05, 4.69) is 45.4 Å². The summed E-state index contributed by atoms with van der Waals surface area (Å²) in [4.78, 5) is 9.10. The quantitative estimate of drug-likeness (QED) is 0.295. The fourth-order valence-electron chi connectivity index (χ4n) is 3.78. The molecule has 4 rings (SSSR count). The van der Waals surface area contributed by atoms with Gasteiger partial charge in [-0.2, -0.15) is 0 Å². The monoisotopic (exact) mass is 506 g/mol. The second-order valence-electron chi connectivity index (χ2n) is 8.01. The molecule has 1 aromatic heterocycles. The third-order valence-corrected chi connectivity index (χ3v) is 6.44. The average Bonchev–Trinajstić information content (AvgIpc) is 3.31. The zero-order chi connectivity index (χ0) is 26.3. The molecular weight excluding hydrogens is 464 g/mol. The molecule has 36 heavy (non-hydrogen) atoms. The summed E-state index contributed by atoms with van der Waals surface area (Å²) in [7, 11) is 2.15. The van der Waals surface area contributed by atoms with Crippen molar-refractivity contribution in [1.29, 1.82) is 5.41 Å². The van der Waals surface area contributed by atoms with E-state index in [1.165, 1.54) is 0 Å². The Bertz CT molecular complexity index is 1060. The van der Waals surface area contributed by atoms with Crippen LogP contribution in [0.5, 0.6) is 0 Å². The number of nitrogens with zero attached hydrogens (tertiary/aromatic N) is 3. The van der Waals surface area contributed by atoms with Crippen LogP contribution in [0.4, 0.5) is 17.1 Å². The maximum atomic E-state index is 8.66. The van der Waals surface area contributed by atoms with Gasteiger partial charge in [-0.3, -0.25) is 0 Å². The molecule has 1 aromatic carbocycles. The van der Waals surface area contributed by atoms with Crippen LogP contribution >= 0.6 is 11.3 Å². The number of thiazole rings is 1. The topological polar surface area (TPSA) is 81.3 Å². The van der Waals surface area contributed by atoms with Gasteiger partial charge >= 0.3 is 0 Å². The third-order valence-electron chi connectivity index (χ3n) is 5.67. The summed E-state index contributed by atoms with van der Waals surface area (Å²) < 4.78 is 0. The Labute approximate surface area is 221 Å². The maximum Gasteiger partial charge on any atom is 0.112 e. The zero-order valence-corrected chi connectivity index (χ0v) is 23.2. The number of nitrogens with two attached hydrogens (primary N) is 1. The lowest BCUT2D eigenvalue weighted by molar-refractivity contribution is 0.313. The lowest BCUT2D eigenvalue weighted by Gasteiger charge is -2.35. The Balaban J connectivity index is 0.00000109. The van der Waals surface area contributed by atoms with Crippen molar-refractivity contribution in [3.05, 3.63) is 82.4 Å². The van der Waals surface area contributed by atoms with Gasteiger partial charge in [-0.25, -0.2) is 4.98 Å². The Kier molecular flexibility index (Phi) is 12.7. The number of piperazine rings is 1. The minimum Gasteiger partial charge on any atom is -0.398 e. The highest BCUT2D eigenvalue weighted by atomic mass is 32.1. The van der Waals surface area contributed by atoms with Crippen molar-refractivity contribution < 1.29 is 0 Å². The van der Waals surface area contributed by atoms with Crippen LogP contribution in [0.25, 0.3) is 0 Å². The molecule has 0 radical (unpaired) electrons. The van der Waals surface area contributed by atoms with Crippen LogP contribution in [0.3, 0.4) is 0 Å². The number of nitrogen functional groups attached to an aromatic ring is 1. The van der Waals surface area contributed by atoms with E-state index in [1.54, 1.807) is 11.3 Å². The van der Waals surface area contributed by atoms with Crippen LogP contribution in [-0.4, -0.2) is 48.8 Å². The number of nitrogens with one attached hydrogen (secondary N) is 2. The molecule has 0 atom stereocenters.